The molecule has 2 saturated heterocycles. The molecule has 0 aliphatic carbocycles. The van der Waals surface area contributed by atoms with Crippen molar-refractivity contribution < 1.29 is 9.18 Å². The number of piperidine rings is 1. The first-order chi connectivity index (χ1) is 21.5. The maximum absolute atomic E-state index is 15.3. The normalized spacial score (nSPS) is 17.9. The summed E-state index contributed by atoms with van der Waals surface area (Å²) in [6, 6.07) is 22.3. The molecule has 2 aliphatic heterocycles. The molecule has 2 N–H and O–H groups in total. The van der Waals surface area contributed by atoms with Crippen molar-refractivity contribution in [3.8, 4) is 11.1 Å². The van der Waals surface area contributed by atoms with Crippen molar-refractivity contribution in [2.24, 2.45) is 5.92 Å². The predicted molar refractivity (Wildman–Crippen MR) is 179 cm³/mol. The fourth-order valence-electron chi connectivity index (χ4n) is 6.78. The highest BCUT2D eigenvalue weighted by Crippen LogP contribution is 2.27. The first-order valence-electron chi connectivity index (χ1n) is 16.9. The van der Waals surface area contributed by atoms with Crippen LogP contribution in [0.1, 0.15) is 79.4 Å². The van der Waals surface area contributed by atoms with Gasteiger partial charge in [-0.2, -0.15) is 0 Å². The highest BCUT2D eigenvalue weighted by atomic mass is 19.1. The highest BCUT2D eigenvalue weighted by Gasteiger charge is 2.20. The van der Waals surface area contributed by atoms with Gasteiger partial charge in [-0.15, -0.1) is 0 Å². The van der Waals surface area contributed by atoms with Gasteiger partial charge in [0.2, 0.25) is 0 Å². The van der Waals surface area contributed by atoms with Crippen LogP contribution >= 0.6 is 0 Å². The molecular formula is C38H51FN4O. The number of amides is 1. The summed E-state index contributed by atoms with van der Waals surface area (Å²) in [6.45, 7) is 11.6. The smallest absolute Gasteiger partial charge is 0.254 e. The van der Waals surface area contributed by atoms with Gasteiger partial charge < -0.3 is 15.5 Å². The molecule has 2 heterocycles. The summed E-state index contributed by atoms with van der Waals surface area (Å²) in [5.74, 6) is 0.503. The summed E-state index contributed by atoms with van der Waals surface area (Å²) in [7, 11) is 0. The first kappa shape index (κ1) is 32.3. The van der Waals surface area contributed by atoms with Crippen molar-refractivity contribution in [1.29, 1.82) is 0 Å². The molecule has 0 bridgehead atoms. The van der Waals surface area contributed by atoms with E-state index in [1.807, 2.05) is 41.3 Å². The molecule has 2 fully saturated rings. The van der Waals surface area contributed by atoms with E-state index in [-0.39, 0.29) is 11.7 Å². The molecule has 0 saturated carbocycles. The number of nitrogens with one attached hydrogen (secondary N) is 2. The van der Waals surface area contributed by atoms with Gasteiger partial charge in [0.25, 0.3) is 5.91 Å². The Morgan fingerprint density at radius 1 is 0.932 bits per heavy atom. The largest absolute Gasteiger partial charge is 0.334 e. The average Bonchev–Trinajstić information content (AvgIpc) is 3.04. The van der Waals surface area contributed by atoms with Crippen LogP contribution < -0.4 is 10.6 Å². The molecule has 1 atom stereocenters. The van der Waals surface area contributed by atoms with Gasteiger partial charge >= 0.3 is 0 Å². The maximum Gasteiger partial charge on any atom is 0.254 e. The fraction of sp³-hybridized carbons (Fsp3) is 0.500. The summed E-state index contributed by atoms with van der Waals surface area (Å²) < 4.78 is 15.3. The predicted octanol–water partition coefficient (Wildman–Crippen LogP) is 7.05. The molecule has 0 radical (unpaired) electrons. The van der Waals surface area contributed by atoms with E-state index in [2.05, 4.69) is 53.6 Å². The van der Waals surface area contributed by atoms with Gasteiger partial charge in [-0.1, -0.05) is 62.6 Å². The minimum atomic E-state index is -0.229. The van der Waals surface area contributed by atoms with E-state index >= 15 is 4.39 Å². The molecule has 0 aromatic heterocycles. The zero-order chi connectivity index (χ0) is 30.7. The van der Waals surface area contributed by atoms with Crippen molar-refractivity contribution in [2.45, 2.75) is 77.9 Å². The standard InChI is InChI=1S/C38H51FN4O/c1-3-4-5-6-20-43(38(44)35-12-7-9-31(23-35)22-30-15-17-40-18-16-30)28-33-13-14-37(39)36(25-33)34-11-8-10-32(24-34)27-42-21-19-41-29(2)26-42/h7-14,23-25,29-30,40-41H,3-6,15-22,26-28H2,1-2H3/t29-/m0/s1. The van der Waals surface area contributed by atoms with E-state index in [4.69, 9.17) is 0 Å². The van der Waals surface area contributed by atoms with Crippen LogP contribution in [0.4, 0.5) is 4.39 Å². The first-order valence-corrected chi connectivity index (χ1v) is 16.9. The topological polar surface area (TPSA) is 47.6 Å². The second-order valence-corrected chi connectivity index (χ2v) is 13.0. The lowest BCUT2D eigenvalue weighted by Gasteiger charge is -2.31. The minimum absolute atomic E-state index is 0.0618. The van der Waals surface area contributed by atoms with Crippen molar-refractivity contribution in [2.75, 3.05) is 39.3 Å². The summed E-state index contributed by atoms with van der Waals surface area (Å²) >= 11 is 0. The van der Waals surface area contributed by atoms with Crippen LogP contribution in [-0.4, -0.2) is 61.0 Å². The molecule has 236 valence electrons. The lowest BCUT2D eigenvalue weighted by atomic mass is 9.90. The molecule has 0 spiro atoms. The minimum Gasteiger partial charge on any atom is -0.334 e. The number of hydrogen-bond acceptors (Lipinski definition) is 4. The number of unbranched alkanes of at least 4 members (excludes halogenated alkanes) is 3. The summed E-state index contributed by atoms with van der Waals surface area (Å²) in [5, 5.41) is 6.95. The van der Waals surface area contributed by atoms with Crippen molar-refractivity contribution in [3.63, 3.8) is 0 Å². The summed E-state index contributed by atoms with van der Waals surface area (Å²) in [5.41, 5.74) is 5.63. The SMILES string of the molecule is CCCCCCN(Cc1ccc(F)c(-c2cccc(CN3CCN[C@@H](C)C3)c2)c1)C(=O)c1cccc(CC2CCNCC2)c1. The Hall–Kier alpha value is -3.06. The number of hydrogen-bond donors (Lipinski definition) is 2. The molecule has 0 unspecified atom stereocenters. The van der Waals surface area contributed by atoms with Gasteiger partial charge in [-0.25, -0.2) is 4.39 Å². The quantitative estimate of drug-likeness (QED) is 0.207. The summed E-state index contributed by atoms with van der Waals surface area (Å²) in [6.07, 6.45) is 7.78. The van der Waals surface area contributed by atoms with Gasteiger partial charge in [0, 0.05) is 56.4 Å². The second-order valence-electron chi connectivity index (χ2n) is 13.0. The molecule has 5 nitrogen and oxygen atoms in total. The van der Waals surface area contributed by atoms with Crippen LogP contribution in [0, 0.1) is 11.7 Å². The number of piperazine rings is 1. The molecule has 44 heavy (non-hydrogen) atoms. The Morgan fingerprint density at radius 3 is 2.57 bits per heavy atom. The zero-order valence-corrected chi connectivity index (χ0v) is 26.8. The Balaban J connectivity index is 1.32. The van der Waals surface area contributed by atoms with E-state index in [9.17, 15) is 4.79 Å². The zero-order valence-electron chi connectivity index (χ0n) is 26.8. The Labute approximate surface area is 264 Å². The number of halogens is 1. The van der Waals surface area contributed by atoms with Gasteiger partial charge in [-0.05, 0) is 104 Å². The lowest BCUT2D eigenvalue weighted by molar-refractivity contribution is 0.0739. The summed E-state index contributed by atoms with van der Waals surface area (Å²) in [4.78, 5) is 18.4. The van der Waals surface area contributed by atoms with Crippen LogP contribution in [0.25, 0.3) is 11.1 Å². The molecular weight excluding hydrogens is 547 g/mol. The van der Waals surface area contributed by atoms with Gasteiger partial charge in [0.15, 0.2) is 0 Å². The third-order valence-electron chi connectivity index (χ3n) is 9.23. The number of benzene rings is 3. The van der Waals surface area contributed by atoms with E-state index in [1.54, 1.807) is 6.07 Å². The van der Waals surface area contributed by atoms with Crippen LogP contribution in [-0.2, 0) is 19.5 Å². The number of nitrogens with zero attached hydrogens (tertiary/aromatic N) is 2. The molecule has 3 aromatic rings. The van der Waals surface area contributed by atoms with Crippen molar-refractivity contribution in [3.05, 3.63) is 94.8 Å². The van der Waals surface area contributed by atoms with Gasteiger partial charge in [0.1, 0.15) is 5.82 Å². The van der Waals surface area contributed by atoms with E-state index in [0.29, 0.717) is 30.6 Å². The molecule has 1 amide bonds. The number of rotatable bonds is 13. The van der Waals surface area contributed by atoms with Crippen molar-refractivity contribution >= 4 is 5.91 Å². The Bertz CT molecular complexity index is 1350. The van der Waals surface area contributed by atoms with Gasteiger partial charge in [-0.3, -0.25) is 9.69 Å². The van der Waals surface area contributed by atoms with E-state index in [0.717, 1.165) is 88.1 Å². The second kappa shape index (κ2) is 16.3. The fourth-order valence-corrected chi connectivity index (χ4v) is 6.78. The monoisotopic (exact) mass is 598 g/mol. The Kier molecular flexibility index (Phi) is 12.0. The molecule has 6 heteroatoms. The van der Waals surface area contributed by atoms with Crippen LogP contribution in [0.3, 0.4) is 0 Å². The molecule has 2 aliphatic rings. The van der Waals surface area contributed by atoms with E-state index < -0.39 is 0 Å². The highest BCUT2D eigenvalue weighted by molar-refractivity contribution is 5.94. The van der Waals surface area contributed by atoms with Crippen LogP contribution in [0.2, 0.25) is 0 Å². The average molecular weight is 599 g/mol. The van der Waals surface area contributed by atoms with Crippen molar-refractivity contribution in [1.82, 2.24) is 20.4 Å². The van der Waals surface area contributed by atoms with Crippen LogP contribution in [0.15, 0.2) is 66.7 Å². The number of carbonyl (C=O) groups is 1. The lowest BCUT2D eigenvalue weighted by Crippen LogP contribution is -2.48. The third-order valence-corrected chi connectivity index (χ3v) is 9.23. The van der Waals surface area contributed by atoms with Gasteiger partial charge in [0.05, 0.1) is 0 Å². The third kappa shape index (κ3) is 9.23. The molecule has 3 aromatic carbocycles. The molecule has 5 rings (SSSR count). The Morgan fingerprint density at radius 2 is 1.75 bits per heavy atom. The number of carbonyl (C=O) groups excluding carboxylic acids is 1. The van der Waals surface area contributed by atoms with E-state index in [1.165, 1.54) is 24.0 Å². The van der Waals surface area contributed by atoms with Crippen LogP contribution in [0.5, 0.6) is 0 Å². The maximum atomic E-state index is 15.3.